The number of nitrogens with zero attached hydrogens (tertiary/aromatic N) is 1. The summed E-state index contributed by atoms with van der Waals surface area (Å²) in [6.07, 6.45) is 0.320. The molecule has 0 aliphatic rings. The van der Waals surface area contributed by atoms with Gasteiger partial charge in [-0.05, 0) is 29.8 Å². The molecule has 2 N–H and O–H groups in total. The summed E-state index contributed by atoms with van der Waals surface area (Å²) in [5.74, 6) is 0.487. The first-order valence-corrected chi connectivity index (χ1v) is 6.99. The number of amides is 1. The highest BCUT2D eigenvalue weighted by molar-refractivity contribution is 9.10. The summed E-state index contributed by atoms with van der Waals surface area (Å²) in [7, 11) is 0. The predicted octanol–water partition coefficient (Wildman–Crippen LogP) is 3.51. The van der Waals surface area contributed by atoms with E-state index in [2.05, 4.69) is 31.4 Å². The minimum Gasteiger partial charge on any atom is -0.308 e. The van der Waals surface area contributed by atoms with Gasteiger partial charge in [0.1, 0.15) is 0 Å². The topological polar surface area (TPSA) is 57.8 Å². The lowest BCUT2D eigenvalue weighted by molar-refractivity contribution is -0.115. The fraction of sp³-hybridized carbons (Fsp3) is 0.0667. The third kappa shape index (κ3) is 2.72. The van der Waals surface area contributed by atoms with E-state index in [4.69, 9.17) is 0 Å². The molecule has 2 aromatic carbocycles. The minimum absolute atomic E-state index is 0.0830. The standard InChI is InChI=1S/C15H12BrN3O/c16-11-5-3-4-10(8-11)9-14(20)17-15-12-6-1-2-7-13(12)18-19-15/h1-8H,9H2,(H2,17,18,19,20). The van der Waals surface area contributed by atoms with Crippen molar-refractivity contribution in [2.45, 2.75) is 6.42 Å². The highest BCUT2D eigenvalue weighted by atomic mass is 79.9. The summed E-state index contributed by atoms with van der Waals surface area (Å²) in [5.41, 5.74) is 1.86. The predicted molar refractivity (Wildman–Crippen MR) is 82.6 cm³/mol. The van der Waals surface area contributed by atoms with Crippen molar-refractivity contribution in [3.8, 4) is 0 Å². The number of rotatable bonds is 3. The van der Waals surface area contributed by atoms with Gasteiger partial charge in [0.15, 0.2) is 5.82 Å². The zero-order valence-corrected chi connectivity index (χ0v) is 12.1. The maximum absolute atomic E-state index is 12.1. The van der Waals surface area contributed by atoms with Gasteiger partial charge in [0, 0.05) is 9.86 Å². The van der Waals surface area contributed by atoms with Crippen molar-refractivity contribution in [2.75, 3.05) is 5.32 Å². The fourth-order valence-electron chi connectivity index (χ4n) is 2.07. The second-order valence-corrected chi connectivity index (χ2v) is 5.39. The van der Waals surface area contributed by atoms with Crippen LogP contribution in [0.1, 0.15) is 5.56 Å². The Kier molecular flexibility index (Phi) is 3.52. The van der Waals surface area contributed by atoms with Crippen LogP contribution in [0.3, 0.4) is 0 Å². The van der Waals surface area contributed by atoms with Crippen LogP contribution in [0.25, 0.3) is 10.9 Å². The van der Waals surface area contributed by atoms with Crippen LogP contribution >= 0.6 is 15.9 Å². The van der Waals surface area contributed by atoms with Gasteiger partial charge in [0.25, 0.3) is 0 Å². The molecule has 3 rings (SSSR count). The van der Waals surface area contributed by atoms with E-state index >= 15 is 0 Å². The number of hydrogen-bond acceptors (Lipinski definition) is 2. The smallest absolute Gasteiger partial charge is 0.230 e. The van der Waals surface area contributed by atoms with E-state index in [1.54, 1.807) is 0 Å². The Morgan fingerprint density at radius 2 is 2.05 bits per heavy atom. The number of nitrogens with one attached hydrogen (secondary N) is 2. The molecular weight excluding hydrogens is 318 g/mol. The quantitative estimate of drug-likeness (QED) is 0.772. The maximum Gasteiger partial charge on any atom is 0.230 e. The van der Waals surface area contributed by atoms with E-state index in [-0.39, 0.29) is 5.91 Å². The van der Waals surface area contributed by atoms with Crippen LogP contribution < -0.4 is 5.32 Å². The van der Waals surface area contributed by atoms with Gasteiger partial charge in [-0.15, -0.1) is 0 Å². The number of aromatic nitrogens is 2. The van der Waals surface area contributed by atoms with Gasteiger partial charge < -0.3 is 5.32 Å². The van der Waals surface area contributed by atoms with Gasteiger partial charge >= 0.3 is 0 Å². The maximum atomic E-state index is 12.1. The Morgan fingerprint density at radius 3 is 2.90 bits per heavy atom. The molecule has 0 fully saturated rings. The van der Waals surface area contributed by atoms with Crippen LogP contribution in [0, 0.1) is 0 Å². The molecule has 100 valence electrons. The Labute approximate surface area is 124 Å². The fourth-order valence-corrected chi connectivity index (χ4v) is 2.51. The third-order valence-corrected chi connectivity index (χ3v) is 3.48. The highest BCUT2D eigenvalue weighted by Crippen LogP contribution is 2.20. The molecule has 0 unspecified atom stereocenters. The lowest BCUT2D eigenvalue weighted by atomic mass is 10.1. The summed E-state index contributed by atoms with van der Waals surface area (Å²) < 4.78 is 0.966. The highest BCUT2D eigenvalue weighted by Gasteiger charge is 2.09. The van der Waals surface area contributed by atoms with Crippen molar-refractivity contribution in [2.24, 2.45) is 0 Å². The van der Waals surface area contributed by atoms with Crippen molar-refractivity contribution in [3.63, 3.8) is 0 Å². The number of anilines is 1. The largest absolute Gasteiger partial charge is 0.308 e. The van der Waals surface area contributed by atoms with Crippen molar-refractivity contribution in [1.29, 1.82) is 0 Å². The zero-order valence-electron chi connectivity index (χ0n) is 10.6. The van der Waals surface area contributed by atoms with Crippen LogP contribution in [0.5, 0.6) is 0 Å². The summed E-state index contributed by atoms with van der Waals surface area (Å²) in [6.45, 7) is 0. The van der Waals surface area contributed by atoms with E-state index in [0.29, 0.717) is 12.2 Å². The van der Waals surface area contributed by atoms with E-state index in [1.807, 2.05) is 48.5 Å². The molecular formula is C15H12BrN3O. The molecule has 1 aromatic heterocycles. The van der Waals surface area contributed by atoms with Crippen LogP contribution in [0.4, 0.5) is 5.82 Å². The lowest BCUT2D eigenvalue weighted by Gasteiger charge is -2.03. The second kappa shape index (κ2) is 5.46. The van der Waals surface area contributed by atoms with Crippen LogP contribution in [0.2, 0.25) is 0 Å². The average Bonchev–Trinajstić information content (AvgIpc) is 2.82. The number of hydrogen-bond donors (Lipinski definition) is 2. The zero-order chi connectivity index (χ0) is 13.9. The molecule has 1 amide bonds. The Balaban J connectivity index is 1.76. The molecule has 0 saturated heterocycles. The van der Waals surface area contributed by atoms with E-state index in [9.17, 15) is 4.79 Å². The van der Waals surface area contributed by atoms with Crippen molar-refractivity contribution < 1.29 is 4.79 Å². The first kappa shape index (κ1) is 12.9. The molecule has 0 spiro atoms. The number of aromatic amines is 1. The molecule has 0 saturated carbocycles. The number of carbonyl (C=O) groups excluding carboxylic acids is 1. The first-order valence-electron chi connectivity index (χ1n) is 6.20. The first-order chi connectivity index (χ1) is 9.72. The van der Waals surface area contributed by atoms with Crippen LogP contribution in [-0.2, 0) is 11.2 Å². The molecule has 1 heterocycles. The SMILES string of the molecule is O=C(Cc1cccc(Br)c1)Nc1n[nH]c2ccccc12. The summed E-state index contributed by atoms with van der Waals surface area (Å²) in [6, 6.07) is 15.4. The van der Waals surface area contributed by atoms with E-state index < -0.39 is 0 Å². The second-order valence-electron chi connectivity index (χ2n) is 4.47. The molecule has 0 bridgehead atoms. The number of benzene rings is 2. The molecule has 0 aliphatic carbocycles. The van der Waals surface area contributed by atoms with Gasteiger partial charge in [-0.2, -0.15) is 5.10 Å². The number of H-pyrrole nitrogens is 1. The van der Waals surface area contributed by atoms with Gasteiger partial charge in [-0.1, -0.05) is 40.2 Å². The molecule has 3 aromatic rings. The molecule has 4 nitrogen and oxygen atoms in total. The van der Waals surface area contributed by atoms with Gasteiger partial charge in [0.05, 0.1) is 11.9 Å². The van der Waals surface area contributed by atoms with Crippen molar-refractivity contribution in [3.05, 3.63) is 58.6 Å². The van der Waals surface area contributed by atoms with Gasteiger partial charge in [-0.25, -0.2) is 0 Å². The summed E-state index contributed by atoms with van der Waals surface area (Å²) >= 11 is 3.40. The number of halogens is 1. The number of carbonyl (C=O) groups is 1. The lowest BCUT2D eigenvalue weighted by Crippen LogP contribution is -2.14. The molecule has 0 radical (unpaired) electrons. The Bertz CT molecular complexity index is 766. The molecule has 5 heteroatoms. The van der Waals surface area contributed by atoms with Crippen molar-refractivity contribution >= 4 is 38.6 Å². The van der Waals surface area contributed by atoms with Crippen LogP contribution in [0.15, 0.2) is 53.0 Å². The molecule has 20 heavy (non-hydrogen) atoms. The summed E-state index contributed by atoms with van der Waals surface area (Å²) in [4.78, 5) is 12.1. The Morgan fingerprint density at radius 1 is 1.20 bits per heavy atom. The number of para-hydroxylation sites is 1. The minimum atomic E-state index is -0.0830. The van der Waals surface area contributed by atoms with Gasteiger partial charge in [-0.3, -0.25) is 9.89 Å². The molecule has 0 atom stereocenters. The molecule has 0 aliphatic heterocycles. The summed E-state index contributed by atoms with van der Waals surface area (Å²) in [5, 5.41) is 10.8. The number of fused-ring (bicyclic) bond motifs is 1. The Hall–Kier alpha value is -2.14. The third-order valence-electron chi connectivity index (χ3n) is 2.98. The van der Waals surface area contributed by atoms with Crippen molar-refractivity contribution in [1.82, 2.24) is 10.2 Å². The van der Waals surface area contributed by atoms with Gasteiger partial charge in [0.2, 0.25) is 5.91 Å². The van der Waals surface area contributed by atoms with E-state index in [0.717, 1.165) is 20.9 Å². The average molecular weight is 330 g/mol. The van der Waals surface area contributed by atoms with Crippen LogP contribution in [-0.4, -0.2) is 16.1 Å². The monoisotopic (exact) mass is 329 g/mol. The van der Waals surface area contributed by atoms with E-state index in [1.165, 1.54) is 0 Å². The normalized spacial score (nSPS) is 10.7.